The van der Waals surface area contributed by atoms with Crippen molar-refractivity contribution in [2.75, 3.05) is 5.75 Å². The lowest BCUT2D eigenvalue weighted by Crippen LogP contribution is -1.98. The summed E-state index contributed by atoms with van der Waals surface area (Å²) in [5.41, 5.74) is 2.36. The number of aryl methyl sites for hydroxylation is 1. The Morgan fingerprint density at radius 2 is 2.19 bits per heavy atom. The number of thioether (sulfide) groups is 1. The fourth-order valence-corrected chi connectivity index (χ4v) is 5.22. The number of aliphatic hydroxyl groups is 1. The van der Waals surface area contributed by atoms with Gasteiger partial charge in [0, 0.05) is 33.3 Å². The van der Waals surface area contributed by atoms with Crippen molar-refractivity contribution in [3.63, 3.8) is 0 Å². The highest BCUT2D eigenvalue weighted by Gasteiger charge is 2.20. The second kappa shape index (κ2) is 5.44. The van der Waals surface area contributed by atoms with Gasteiger partial charge in [0.15, 0.2) is 0 Å². The van der Waals surface area contributed by atoms with Crippen LogP contribution in [0.3, 0.4) is 0 Å². The zero-order valence-electron chi connectivity index (χ0n) is 11.5. The van der Waals surface area contributed by atoms with Crippen LogP contribution in [0.1, 0.15) is 27.0 Å². The molecule has 1 N–H and O–H groups in total. The second-order valence-corrected chi connectivity index (χ2v) is 7.52. The first kappa shape index (κ1) is 13.3. The van der Waals surface area contributed by atoms with Crippen molar-refractivity contribution in [2.45, 2.75) is 18.3 Å². The van der Waals surface area contributed by atoms with E-state index in [9.17, 15) is 5.11 Å². The summed E-state index contributed by atoms with van der Waals surface area (Å²) < 4.78 is 0. The summed E-state index contributed by atoms with van der Waals surface area (Å²) in [5, 5.41) is 13.0. The monoisotopic (exact) mass is 313 g/mol. The van der Waals surface area contributed by atoms with Crippen LogP contribution in [0.15, 0.2) is 42.7 Å². The smallest absolute Gasteiger partial charge is 0.114 e. The van der Waals surface area contributed by atoms with E-state index in [4.69, 9.17) is 0 Å². The molecule has 0 aliphatic carbocycles. The quantitative estimate of drug-likeness (QED) is 0.771. The van der Waals surface area contributed by atoms with Crippen LogP contribution in [0.25, 0.3) is 10.8 Å². The molecule has 2 aromatic heterocycles. The average Bonchev–Trinajstić information content (AvgIpc) is 2.97. The number of aliphatic hydroxyl groups excluding tert-OH is 1. The SMILES string of the molecule is OC(c1cc2c(s1)CCSC2)c1cccc2ccncc12. The summed E-state index contributed by atoms with van der Waals surface area (Å²) in [4.78, 5) is 6.70. The third-order valence-electron chi connectivity index (χ3n) is 3.93. The van der Waals surface area contributed by atoms with Crippen molar-refractivity contribution in [1.82, 2.24) is 4.98 Å². The van der Waals surface area contributed by atoms with Crippen molar-refractivity contribution in [2.24, 2.45) is 0 Å². The molecule has 4 rings (SSSR count). The molecule has 3 aromatic rings. The van der Waals surface area contributed by atoms with Gasteiger partial charge in [-0.2, -0.15) is 11.8 Å². The normalized spacial score (nSPS) is 15.9. The molecule has 21 heavy (non-hydrogen) atoms. The first-order valence-electron chi connectivity index (χ1n) is 7.03. The second-order valence-electron chi connectivity index (χ2n) is 5.25. The van der Waals surface area contributed by atoms with E-state index in [0.29, 0.717) is 0 Å². The third kappa shape index (κ3) is 2.37. The van der Waals surface area contributed by atoms with E-state index in [1.807, 2.05) is 36.2 Å². The molecule has 0 radical (unpaired) electrons. The van der Waals surface area contributed by atoms with Gasteiger partial charge in [-0.3, -0.25) is 4.98 Å². The fraction of sp³-hybridized carbons (Fsp3) is 0.235. The van der Waals surface area contributed by atoms with Crippen molar-refractivity contribution >= 4 is 33.9 Å². The predicted molar refractivity (Wildman–Crippen MR) is 90.0 cm³/mol. The molecule has 2 nitrogen and oxygen atoms in total. The topological polar surface area (TPSA) is 33.1 Å². The van der Waals surface area contributed by atoms with Crippen LogP contribution in [0.5, 0.6) is 0 Å². The van der Waals surface area contributed by atoms with Crippen molar-refractivity contribution < 1.29 is 5.11 Å². The Labute approximate surface area is 131 Å². The van der Waals surface area contributed by atoms with Gasteiger partial charge in [-0.1, -0.05) is 18.2 Å². The number of rotatable bonds is 2. The number of nitrogens with zero attached hydrogens (tertiary/aromatic N) is 1. The van der Waals surface area contributed by atoms with Gasteiger partial charge in [0.2, 0.25) is 0 Å². The molecule has 0 saturated heterocycles. The Morgan fingerprint density at radius 3 is 3.10 bits per heavy atom. The minimum absolute atomic E-state index is 0.557. The van der Waals surface area contributed by atoms with Crippen molar-refractivity contribution in [3.05, 3.63) is 63.6 Å². The van der Waals surface area contributed by atoms with Gasteiger partial charge in [-0.15, -0.1) is 11.3 Å². The number of thiophene rings is 1. The number of benzene rings is 1. The van der Waals surface area contributed by atoms with E-state index in [2.05, 4.69) is 17.1 Å². The first-order valence-corrected chi connectivity index (χ1v) is 9.00. The van der Waals surface area contributed by atoms with E-state index in [1.54, 1.807) is 17.5 Å². The minimum Gasteiger partial charge on any atom is -0.383 e. The largest absolute Gasteiger partial charge is 0.383 e. The van der Waals surface area contributed by atoms with Crippen LogP contribution >= 0.6 is 23.1 Å². The molecule has 1 unspecified atom stereocenters. The predicted octanol–water partition coefficient (Wildman–Crippen LogP) is 4.17. The first-order chi connectivity index (χ1) is 10.3. The summed E-state index contributed by atoms with van der Waals surface area (Å²) in [5.74, 6) is 2.27. The molecule has 1 aliphatic heterocycles. The number of aromatic nitrogens is 1. The van der Waals surface area contributed by atoms with E-state index >= 15 is 0 Å². The van der Waals surface area contributed by atoms with Crippen LogP contribution in [0, 0.1) is 0 Å². The van der Waals surface area contributed by atoms with Gasteiger partial charge in [0.05, 0.1) is 0 Å². The van der Waals surface area contributed by atoms with Crippen molar-refractivity contribution in [3.8, 4) is 0 Å². The molecule has 1 aliphatic rings. The van der Waals surface area contributed by atoms with Crippen LogP contribution in [-0.2, 0) is 12.2 Å². The molecule has 1 aromatic carbocycles. The molecular weight excluding hydrogens is 298 g/mol. The van der Waals surface area contributed by atoms with E-state index in [-0.39, 0.29) is 0 Å². The Morgan fingerprint density at radius 1 is 1.24 bits per heavy atom. The zero-order valence-corrected chi connectivity index (χ0v) is 13.1. The van der Waals surface area contributed by atoms with Crippen molar-refractivity contribution in [1.29, 1.82) is 0 Å². The van der Waals surface area contributed by atoms with Gasteiger partial charge in [0.1, 0.15) is 6.10 Å². The molecule has 0 amide bonds. The molecular formula is C17H15NOS2. The molecule has 3 heterocycles. The summed E-state index contributed by atoms with van der Waals surface area (Å²) in [7, 11) is 0. The average molecular weight is 313 g/mol. The minimum atomic E-state index is -0.557. The molecule has 1 atom stereocenters. The summed E-state index contributed by atoms with van der Waals surface area (Å²) in [6.07, 6.45) is 4.21. The van der Waals surface area contributed by atoms with Crippen LogP contribution in [-0.4, -0.2) is 15.8 Å². The maximum absolute atomic E-state index is 10.8. The lowest BCUT2D eigenvalue weighted by Gasteiger charge is -2.11. The van der Waals surface area contributed by atoms with Crippen LogP contribution < -0.4 is 0 Å². The lowest BCUT2D eigenvalue weighted by atomic mass is 10.0. The number of hydrogen-bond donors (Lipinski definition) is 1. The fourth-order valence-electron chi connectivity index (χ4n) is 2.83. The molecule has 0 bridgehead atoms. The van der Waals surface area contributed by atoms with Gasteiger partial charge < -0.3 is 5.11 Å². The highest BCUT2D eigenvalue weighted by molar-refractivity contribution is 7.98. The van der Waals surface area contributed by atoms with E-state index < -0.39 is 6.10 Å². The molecule has 0 fully saturated rings. The summed E-state index contributed by atoms with van der Waals surface area (Å²) in [6.45, 7) is 0. The highest BCUT2D eigenvalue weighted by atomic mass is 32.2. The van der Waals surface area contributed by atoms with Gasteiger partial charge in [-0.05, 0) is 40.8 Å². The van der Waals surface area contributed by atoms with Gasteiger partial charge >= 0.3 is 0 Å². The zero-order chi connectivity index (χ0) is 14.2. The standard InChI is InChI=1S/C17H15NOS2/c19-17(16-8-12-10-20-7-5-15(12)21-16)13-3-1-2-11-4-6-18-9-14(11)13/h1-4,6,8-9,17,19H,5,7,10H2. The lowest BCUT2D eigenvalue weighted by molar-refractivity contribution is 0.225. The highest BCUT2D eigenvalue weighted by Crippen LogP contribution is 2.37. The Hall–Kier alpha value is -1.36. The Balaban J connectivity index is 1.79. The number of pyridine rings is 1. The molecule has 0 spiro atoms. The third-order valence-corrected chi connectivity index (χ3v) is 6.23. The Kier molecular flexibility index (Phi) is 3.45. The van der Waals surface area contributed by atoms with E-state index in [1.165, 1.54) is 16.2 Å². The number of fused-ring (bicyclic) bond motifs is 2. The Bertz CT molecular complexity index is 768. The van der Waals surface area contributed by atoms with Crippen LogP contribution in [0.2, 0.25) is 0 Å². The summed E-state index contributed by atoms with van der Waals surface area (Å²) in [6, 6.07) is 10.2. The maximum atomic E-state index is 10.8. The molecule has 0 saturated carbocycles. The maximum Gasteiger partial charge on any atom is 0.114 e. The number of hydrogen-bond acceptors (Lipinski definition) is 4. The molecule has 106 valence electrons. The van der Waals surface area contributed by atoms with Gasteiger partial charge in [0.25, 0.3) is 0 Å². The van der Waals surface area contributed by atoms with E-state index in [0.717, 1.165) is 33.4 Å². The summed E-state index contributed by atoms with van der Waals surface area (Å²) >= 11 is 3.74. The van der Waals surface area contributed by atoms with Gasteiger partial charge in [-0.25, -0.2) is 0 Å². The van der Waals surface area contributed by atoms with Crippen LogP contribution in [0.4, 0.5) is 0 Å². The molecule has 4 heteroatoms.